The summed E-state index contributed by atoms with van der Waals surface area (Å²) < 4.78 is 5.41. The molecule has 0 radical (unpaired) electrons. The maximum atomic E-state index is 5.41. The van der Waals surface area contributed by atoms with Gasteiger partial charge in [-0.15, -0.1) is 0 Å². The first-order valence-corrected chi connectivity index (χ1v) is 6.10. The summed E-state index contributed by atoms with van der Waals surface area (Å²) in [7, 11) is 3.72. The van der Waals surface area contributed by atoms with Gasteiger partial charge in [-0.25, -0.2) is 0 Å². The Morgan fingerprint density at radius 3 is 2.53 bits per heavy atom. The molecule has 1 fully saturated rings. The molecule has 1 aliphatic rings. The van der Waals surface area contributed by atoms with Gasteiger partial charge in [-0.2, -0.15) is 0 Å². The Bertz CT molecular complexity index is 348. The number of piperazine rings is 1. The first-order chi connectivity index (χ1) is 8.35. The van der Waals surface area contributed by atoms with Gasteiger partial charge in [-0.05, 0) is 19.2 Å². The van der Waals surface area contributed by atoms with Crippen molar-refractivity contribution in [2.45, 2.75) is 0 Å². The Hall–Kier alpha value is -1.26. The predicted octanol–water partition coefficient (Wildman–Crippen LogP) is 0.994. The second-order valence-electron chi connectivity index (χ2n) is 4.29. The van der Waals surface area contributed by atoms with Gasteiger partial charge >= 0.3 is 0 Å². The van der Waals surface area contributed by atoms with Crippen LogP contribution in [0.2, 0.25) is 0 Å². The standard InChI is InChI=1S/C13H21N3O/c1-14-11-15-7-9-16(10-8-15)12-5-3-4-6-13(12)17-2/h3-6,14H,7-11H2,1-2H3. The fourth-order valence-electron chi connectivity index (χ4n) is 2.26. The highest BCUT2D eigenvalue weighted by Gasteiger charge is 2.18. The minimum Gasteiger partial charge on any atom is -0.495 e. The number of nitrogens with zero attached hydrogens (tertiary/aromatic N) is 2. The number of hydrogen-bond donors (Lipinski definition) is 1. The molecule has 17 heavy (non-hydrogen) atoms. The third kappa shape index (κ3) is 2.90. The van der Waals surface area contributed by atoms with Gasteiger partial charge in [0.05, 0.1) is 12.8 Å². The molecule has 2 rings (SSSR count). The van der Waals surface area contributed by atoms with Crippen molar-refractivity contribution in [3.63, 3.8) is 0 Å². The van der Waals surface area contributed by atoms with Crippen molar-refractivity contribution >= 4 is 5.69 Å². The van der Waals surface area contributed by atoms with E-state index in [4.69, 9.17) is 4.74 Å². The van der Waals surface area contributed by atoms with Crippen LogP contribution in [0.15, 0.2) is 24.3 Å². The Balaban J connectivity index is 2.00. The first-order valence-electron chi connectivity index (χ1n) is 6.10. The van der Waals surface area contributed by atoms with Crippen molar-refractivity contribution in [2.24, 2.45) is 0 Å². The van der Waals surface area contributed by atoms with E-state index >= 15 is 0 Å². The third-order valence-corrected chi connectivity index (χ3v) is 3.18. The average molecular weight is 235 g/mol. The zero-order valence-electron chi connectivity index (χ0n) is 10.6. The zero-order chi connectivity index (χ0) is 12.1. The van der Waals surface area contributed by atoms with Crippen molar-refractivity contribution in [1.29, 1.82) is 0 Å². The van der Waals surface area contributed by atoms with Gasteiger partial charge in [0, 0.05) is 32.8 Å². The molecule has 1 aromatic rings. The highest BCUT2D eigenvalue weighted by atomic mass is 16.5. The normalized spacial score (nSPS) is 17.2. The highest BCUT2D eigenvalue weighted by Crippen LogP contribution is 2.28. The monoisotopic (exact) mass is 235 g/mol. The number of para-hydroxylation sites is 2. The van der Waals surface area contributed by atoms with Crippen molar-refractivity contribution in [3.05, 3.63) is 24.3 Å². The van der Waals surface area contributed by atoms with Crippen LogP contribution in [-0.2, 0) is 0 Å². The van der Waals surface area contributed by atoms with Crippen LogP contribution >= 0.6 is 0 Å². The maximum Gasteiger partial charge on any atom is 0.142 e. The highest BCUT2D eigenvalue weighted by molar-refractivity contribution is 5.58. The van der Waals surface area contributed by atoms with Crippen molar-refractivity contribution < 1.29 is 4.74 Å². The third-order valence-electron chi connectivity index (χ3n) is 3.18. The van der Waals surface area contributed by atoms with Gasteiger partial charge in [0.15, 0.2) is 0 Å². The lowest BCUT2D eigenvalue weighted by atomic mass is 10.2. The van der Waals surface area contributed by atoms with Crippen LogP contribution in [0, 0.1) is 0 Å². The van der Waals surface area contributed by atoms with Crippen LogP contribution in [-0.4, -0.2) is 51.9 Å². The summed E-state index contributed by atoms with van der Waals surface area (Å²) in [5.74, 6) is 0.967. The van der Waals surface area contributed by atoms with E-state index in [9.17, 15) is 0 Å². The van der Waals surface area contributed by atoms with E-state index in [2.05, 4.69) is 27.2 Å². The number of benzene rings is 1. The molecule has 0 bridgehead atoms. The van der Waals surface area contributed by atoms with Gasteiger partial charge in [0.25, 0.3) is 0 Å². The van der Waals surface area contributed by atoms with E-state index in [1.807, 2.05) is 19.2 Å². The van der Waals surface area contributed by atoms with Gasteiger partial charge in [0.2, 0.25) is 0 Å². The van der Waals surface area contributed by atoms with Crippen LogP contribution in [0.25, 0.3) is 0 Å². The maximum absolute atomic E-state index is 5.41. The van der Waals surface area contributed by atoms with Gasteiger partial charge in [0.1, 0.15) is 5.75 Å². The summed E-state index contributed by atoms with van der Waals surface area (Å²) in [6, 6.07) is 8.24. The molecule has 0 aromatic heterocycles. The summed E-state index contributed by atoms with van der Waals surface area (Å²) in [6.45, 7) is 5.28. The molecule has 0 saturated carbocycles. The summed E-state index contributed by atoms with van der Waals surface area (Å²) in [5.41, 5.74) is 1.21. The summed E-state index contributed by atoms with van der Waals surface area (Å²) in [6.07, 6.45) is 0. The van der Waals surface area contributed by atoms with Crippen LogP contribution in [0.3, 0.4) is 0 Å². The molecule has 1 aliphatic heterocycles. The Morgan fingerprint density at radius 2 is 1.88 bits per heavy atom. The fourth-order valence-corrected chi connectivity index (χ4v) is 2.26. The second kappa shape index (κ2) is 5.89. The Kier molecular flexibility index (Phi) is 4.23. The van der Waals surface area contributed by atoms with Gasteiger partial charge < -0.3 is 15.0 Å². The van der Waals surface area contributed by atoms with E-state index < -0.39 is 0 Å². The number of methoxy groups -OCH3 is 1. The number of anilines is 1. The Morgan fingerprint density at radius 1 is 1.18 bits per heavy atom. The summed E-state index contributed by atoms with van der Waals surface area (Å²) in [4.78, 5) is 4.82. The summed E-state index contributed by atoms with van der Waals surface area (Å²) in [5, 5.41) is 3.20. The molecule has 1 aromatic carbocycles. The lowest BCUT2D eigenvalue weighted by Crippen LogP contribution is -2.48. The molecule has 1 N–H and O–H groups in total. The molecule has 0 aliphatic carbocycles. The minimum absolute atomic E-state index is 0.967. The molecule has 4 nitrogen and oxygen atoms in total. The van der Waals surface area contributed by atoms with Crippen LogP contribution < -0.4 is 15.0 Å². The lowest BCUT2D eigenvalue weighted by Gasteiger charge is -2.36. The van der Waals surface area contributed by atoms with E-state index in [-0.39, 0.29) is 0 Å². The minimum atomic E-state index is 0.967. The number of ether oxygens (including phenoxy) is 1. The largest absolute Gasteiger partial charge is 0.495 e. The van der Waals surface area contributed by atoms with E-state index in [1.165, 1.54) is 5.69 Å². The molecular weight excluding hydrogens is 214 g/mol. The molecule has 0 spiro atoms. The van der Waals surface area contributed by atoms with Gasteiger partial charge in [-0.1, -0.05) is 12.1 Å². The average Bonchev–Trinajstić information content (AvgIpc) is 2.40. The van der Waals surface area contributed by atoms with E-state index in [0.29, 0.717) is 0 Å². The molecule has 4 heteroatoms. The first kappa shape index (κ1) is 12.2. The summed E-state index contributed by atoms with van der Waals surface area (Å²) >= 11 is 0. The zero-order valence-corrected chi connectivity index (χ0v) is 10.6. The molecule has 0 atom stereocenters. The van der Waals surface area contributed by atoms with Crippen molar-refractivity contribution in [3.8, 4) is 5.75 Å². The topological polar surface area (TPSA) is 27.7 Å². The molecule has 1 saturated heterocycles. The Labute approximate surface area is 103 Å². The second-order valence-corrected chi connectivity index (χ2v) is 4.29. The van der Waals surface area contributed by atoms with Crippen LogP contribution in [0.5, 0.6) is 5.75 Å². The van der Waals surface area contributed by atoms with Crippen molar-refractivity contribution in [1.82, 2.24) is 10.2 Å². The predicted molar refractivity (Wildman–Crippen MR) is 70.7 cm³/mol. The molecular formula is C13H21N3O. The molecule has 0 unspecified atom stereocenters. The van der Waals surface area contributed by atoms with E-state index in [0.717, 1.165) is 38.6 Å². The van der Waals surface area contributed by atoms with Crippen LogP contribution in [0.1, 0.15) is 0 Å². The number of hydrogen-bond acceptors (Lipinski definition) is 4. The van der Waals surface area contributed by atoms with Crippen LogP contribution in [0.4, 0.5) is 5.69 Å². The molecule has 0 amide bonds. The quantitative estimate of drug-likeness (QED) is 0.842. The fraction of sp³-hybridized carbons (Fsp3) is 0.538. The van der Waals surface area contributed by atoms with Crippen molar-refractivity contribution in [2.75, 3.05) is 51.9 Å². The lowest BCUT2D eigenvalue weighted by molar-refractivity contribution is 0.245. The molecule has 1 heterocycles. The molecule has 94 valence electrons. The smallest absolute Gasteiger partial charge is 0.142 e. The van der Waals surface area contributed by atoms with Gasteiger partial charge in [-0.3, -0.25) is 4.90 Å². The number of rotatable bonds is 4. The number of nitrogens with one attached hydrogen (secondary N) is 1. The van der Waals surface area contributed by atoms with E-state index in [1.54, 1.807) is 7.11 Å². The SMILES string of the molecule is CNCN1CCN(c2ccccc2OC)CC1.